The summed E-state index contributed by atoms with van der Waals surface area (Å²) in [7, 11) is 1.45. The average molecular weight is 440 g/mol. The van der Waals surface area contributed by atoms with Crippen LogP contribution in [-0.4, -0.2) is 27.0 Å². The maximum Gasteiger partial charge on any atom is 0.224 e. The van der Waals surface area contributed by atoms with Crippen LogP contribution in [0.1, 0.15) is 18.3 Å². The van der Waals surface area contributed by atoms with Crippen LogP contribution >= 0.6 is 0 Å². The normalized spacial score (nSPS) is 11.6. The highest BCUT2D eigenvalue weighted by Gasteiger charge is 2.33. The molecule has 0 saturated carbocycles. The standard InChI is InChI=1S/C23H16F4N4O/c1-23(32-2,17-7-3-5-15(28-17)13-9-11-19(24)30-21(13)26)18-8-4-6-16(29-18)14-10-12-20(25)31-22(14)27/h3-12H,1-2H3. The predicted molar refractivity (Wildman–Crippen MR) is 108 cm³/mol. The lowest BCUT2D eigenvalue weighted by Gasteiger charge is -2.28. The van der Waals surface area contributed by atoms with Crippen LogP contribution in [0.25, 0.3) is 22.5 Å². The van der Waals surface area contributed by atoms with E-state index in [9.17, 15) is 17.6 Å². The van der Waals surface area contributed by atoms with Crippen LogP contribution in [0.2, 0.25) is 0 Å². The van der Waals surface area contributed by atoms with E-state index in [2.05, 4.69) is 19.9 Å². The van der Waals surface area contributed by atoms with E-state index in [-0.39, 0.29) is 22.5 Å². The smallest absolute Gasteiger partial charge is 0.224 e. The van der Waals surface area contributed by atoms with E-state index < -0.39 is 29.4 Å². The summed E-state index contributed by atoms with van der Waals surface area (Å²) in [6.45, 7) is 1.70. The van der Waals surface area contributed by atoms with Crippen molar-refractivity contribution in [1.29, 1.82) is 0 Å². The van der Waals surface area contributed by atoms with Gasteiger partial charge in [-0.15, -0.1) is 0 Å². The number of pyridine rings is 4. The Labute approximate surface area is 180 Å². The SMILES string of the molecule is COC(C)(c1cccc(-c2ccc(F)nc2F)n1)c1cccc(-c2ccc(F)nc2F)n1. The third-order valence-electron chi connectivity index (χ3n) is 5.07. The molecule has 0 saturated heterocycles. The molecule has 162 valence electrons. The first-order valence-corrected chi connectivity index (χ1v) is 9.47. The Morgan fingerprint density at radius 1 is 0.625 bits per heavy atom. The van der Waals surface area contributed by atoms with Crippen LogP contribution in [0.5, 0.6) is 0 Å². The topological polar surface area (TPSA) is 60.8 Å². The summed E-state index contributed by atoms with van der Waals surface area (Å²) >= 11 is 0. The predicted octanol–water partition coefficient (Wildman–Crippen LogP) is 5.07. The van der Waals surface area contributed by atoms with Gasteiger partial charge in [0.2, 0.25) is 23.8 Å². The molecule has 4 aromatic rings. The maximum atomic E-state index is 14.2. The highest BCUT2D eigenvalue weighted by Crippen LogP contribution is 2.33. The highest BCUT2D eigenvalue weighted by atomic mass is 19.1. The lowest BCUT2D eigenvalue weighted by Crippen LogP contribution is -2.28. The maximum absolute atomic E-state index is 14.2. The van der Waals surface area contributed by atoms with Crippen molar-refractivity contribution in [3.63, 3.8) is 0 Å². The van der Waals surface area contributed by atoms with Gasteiger partial charge in [0.25, 0.3) is 0 Å². The fourth-order valence-corrected chi connectivity index (χ4v) is 3.25. The van der Waals surface area contributed by atoms with E-state index in [0.29, 0.717) is 11.4 Å². The second-order valence-electron chi connectivity index (χ2n) is 7.00. The van der Waals surface area contributed by atoms with Gasteiger partial charge in [0.05, 0.1) is 33.9 Å². The first kappa shape index (κ1) is 21.5. The van der Waals surface area contributed by atoms with Gasteiger partial charge in [0.1, 0.15) is 5.60 Å². The molecule has 0 bridgehead atoms. The van der Waals surface area contributed by atoms with Crippen molar-refractivity contribution in [3.05, 3.63) is 95.8 Å². The molecule has 0 fully saturated rings. The molecule has 0 atom stereocenters. The molecule has 0 aliphatic rings. The van der Waals surface area contributed by atoms with Crippen molar-refractivity contribution in [2.45, 2.75) is 12.5 Å². The minimum Gasteiger partial charge on any atom is -0.366 e. The average Bonchev–Trinajstić information content (AvgIpc) is 2.78. The Balaban J connectivity index is 1.79. The van der Waals surface area contributed by atoms with Gasteiger partial charge in [-0.25, -0.2) is 9.97 Å². The van der Waals surface area contributed by atoms with Gasteiger partial charge >= 0.3 is 0 Å². The minimum absolute atomic E-state index is 0.0212. The zero-order valence-electron chi connectivity index (χ0n) is 17.0. The summed E-state index contributed by atoms with van der Waals surface area (Å²) in [5.41, 5.74) is 0.0363. The molecule has 4 aromatic heterocycles. The third-order valence-corrected chi connectivity index (χ3v) is 5.07. The second kappa shape index (κ2) is 8.43. The summed E-state index contributed by atoms with van der Waals surface area (Å²) in [4.78, 5) is 15.4. The third kappa shape index (κ3) is 3.94. The van der Waals surface area contributed by atoms with E-state index in [4.69, 9.17) is 4.74 Å². The molecule has 32 heavy (non-hydrogen) atoms. The van der Waals surface area contributed by atoms with E-state index in [0.717, 1.165) is 12.1 Å². The van der Waals surface area contributed by atoms with E-state index >= 15 is 0 Å². The van der Waals surface area contributed by atoms with Crippen molar-refractivity contribution in [2.75, 3.05) is 7.11 Å². The molecular weight excluding hydrogens is 424 g/mol. The fraction of sp³-hybridized carbons (Fsp3) is 0.130. The molecule has 0 aliphatic heterocycles. The number of rotatable bonds is 5. The lowest BCUT2D eigenvalue weighted by molar-refractivity contribution is 0.0318. The second-order valence-corrected chi connectivity index (χ2v) is 7.00. The Morgan fingerprint density at radius 3 is 1.44 bits per heavy atom. The number of halogens is 4. The van der Waals surface area contributed by atoms with Crippen LogP contribution in [0.3, 0.4) is 0 Å². The first-order chi connectivity index (χ1) is 15.3. The molecule has 0 N–H and O–H groups in total. The Hall–Kier alpha value is -3.72. The van der Waals surface area contributed by atoms with Gasteiger partial charge in [-0.3, -0.25) is 0 Å². The van der Waals surface area contributed by atoms with Crippen molar-refractivity contribution >= 4 is 0 Å². The van der Waals surface area contributed by atoms with Gasteiger partial charge < -0.3 is 4.74 Å². The van der Waals surface area contributed by atoms with Crippen LogP contribution in [0.15, 0.2) is 60.7 Å². The van der Waals surface area contributed by atoms with Crippen LogP contribution < -0.4 is 0 Å². The van der Waals surface area contributed by atoms with Crippen molar-refractivity contribution in [2.24, 2.45) is 0 Å². The summed E-state index contributed by atoms with van der Waals surface area (Å²) in [6, 6.07) is 14.3. The Bertz CT molecular complexity index is 1200. The summed E-state index contributed by atoms with van der Waals surface area (Å²) in [5.74, 6) is -3.86. The quantitative estimate of drug-likeness (QED) is 0.321. The van der Waals surface area contributed by atoms with E-state index in [1.165, 1.54) is 19.2 Å². The van der Waals surface area contributed by atoms with E-state index in [1.807, 2.05) is 0 Å². The molecular formula is C23H16F4N4O. The van der Waals surface area contributed by atoms with Crippen molar-refractivity contribution < 1.29 is 22.3 Å². The van der Waals surface area contributed by atoms with Gasteiger partial charge in [0, 0.05) is 7.11 Å². The Morgan fingerprint density at radius 2 is 1.06 bits per heavy atom. The van der Waals surface area contributed by atoms with Gasteiger partial charge in [-0.2, -0.15) is 27.5 Å². The first-order valence-electron chi connectivity index (χ1n) is 9.47. The molecule has 5 nitrogen and oxygen atoms in total. The van der Waals surface area contributed by atoms with Crippen molar-refractivity contribution in [3.8, 4) is 22.5 Å². The number of aromatic nitrogens is 4. The lowest BCUT2D eigenvalue weighted by atomic mass is 9.95. The summed E-state index contributed by atoms with van der Waals surface area (Å²) in [5, 5.41) is 0. The highest BCUT2D eigenvalue weighted by molar-refractivity contribution is 5.60. The van der Waals surface area contributed by atoms with Crippen LogP contribution in [-0.2, 0) is 10.3 Å². The molecule has 0 unspecified atom stereocenters. The Kier molecular flexibility index (Phi) is 5.67. The minimum atomic E-state index is -1.21. The van der Waals surface area contributed by atoms with Crippen molar-refractivity contribution in [1.82, 2.24) is 19.9 Å². The number of hydrogen-bond acceptors (Lipinski definition) is 5. The summed E-state index contributed by atoms with van der Waals surface area (Å²) < 4.78 is 60.4. The van der Waals surface area contributed by atoms with Gasteiger partial charge in [-0.1, -0.05) is 12.1 Å². The molecule has 0 radical (unpaired) electrons. The number of ether oxygens (including phenoxy) is 1. The molecule has 4 heterocycles. The number of methoxy groups -OCH3 is 1. The molecule has 4 rings (SSSR count). The molecule has 0 aromatic carbocycles. The van der Waals surface area contributed by atoms with Gasteiger partial charge in [-0.05, 0) is 55.5 Å². The summed E-state index contributed by atoms with van der Waals surface area (Å²) in [6.07, 6.45) is 0. The van der Waals surface area contributed by atoms with E-state index in [1.54, 1.807) is 43.3 Å². The number of hydrogen-bond donors (Lipinski definition) is 0. The zero-order chi connectivity index (χ0) is 22.9. The molecule has 0 spiro atoms. The zero-order valence-corrected chi connectivity index (χ0v) is 17.0. The molecule has 0 amide bonds. The van der Waals surface area contributed by atoms with Crippen LogP contribution in [0, 0.1) is 23.8 Å². The van der Waals surface area contributed by atoms with Gasteiger partial charge in [0.15, 0.2) is 0 Å². The van der Waals surface area contributed by atoms with Crippen LogP contribution in [0.4, 0.5) is 17.6 Å². The largest absolute Gasteiger partial charge is 0.366 e. The number of nitrogens with zero attached hydrogens (tertiary/aromatic N) is 4. The molecule has 0 aliphatic carbocycles. The fourth-order valence-electron chi connectivity index (χ4n) is 3.25. The molecule has 9 heteroatoms. The monoisotopic (exact) mass is 440 g/mol.